The van der Waals surface area contributed by atoms with Crippen LogP contribution in [0.25, 0.3) is 0 Å². The quantitative estimate of drug-likeness (QED) is 0.513. The van der Waals surface area contributed by atoms with Crippen molar-refractivity contribution in [2.24, 2.45) is 0 Å². The third-order valence-electron chi connectivity index (χ3n) is 6.65. The molecule has 0 aromatic heterocycles. The van der Waals surface area contributed by atoms with E-state index in [0.29, 0.717) is 10.6 Å². The molecule has 1 atom stereocenters. The first-order valence-corrected chi connectivity index (χ1v) is 13.0. The summed E-state index contributed by atoms with van der Waals surface area (Å²) < 4.78 is 64.9. The van der Waals surface area contributed by atoms with Crippen LogP contribution in [0, 0.1) is 11.6 Å². The van der Waals surface area contributed by atoms with E-state index in [4.69, 9.17) is 9.47 Å². The monoisotopic (exact) mass is 552 g/mol. The SMILES string of the molecule is COc1ccc(S(=O)(=O)N2CCN(C(=O)CN3C(=O)N[C@@](C)(c4ccc(F)c(F)c4)C3=O)CC2)cc1OC. The predicted octanol–water partition coefficient (Wildman–Crippen LogP) is 1.28. The molecule has 0 aliphatic carbocycles. The lowest BCUT2D eigenvalue weighted by Crippen LogP contribution is -2.53. The summed E-state index contributed by atoms with van der Waals surface area (Å²) in [7, 11) is -1.06. The van der Waals surface area contributed by atoms with Gasteiger partial charge in [-0.05, 0) is 36.8 Å². The zero-order valence-electron chi connectivity index (χ0n) is 20.9. The van der Waals surface area contributed by atoms with Crippen molar-refractivity contribution < 1.29 is 41.1 Å². The third kappa shape index (κ3) is 4.76. The molecule has 1 N–H and O–H groups in total. The molecular formula is C24H26F2N4O7S. The maximum atomic E-state index is 13.7. The maximum Gasteiger partial charge on any atom is 0.325 e. The van der Waals surface area contributed by atoms with Gasteiger partial charge in [0.1, 0.15) is 12.1 Å². The molecule has 0 saturated carbocycles. The average Bonchev–Trinajstić information content (AvgIpc) is 3.13. The van der Waals surface area contributed by atoms with E-state index in [-0.39, 0.29) is 42.4 Å². The van der Waals surface area contributed by atoms with Crippen LogP contribution in [0.15, 0.2) is 41.3 Å². The molecule has 4 amide bonds. The fourth-order valence-corrected chi connectivity index (χ4v) is 5.82. The van der Waals surface area contributed by atoms with Crippen molar-refractivity contribution in [3.8, 4) is 11.5 Å². The van der Waals surface area contributed by atoms with E-state index in [9.17, 15) is 31.6 Å². The van der Waals surface area contributed by atoms with Gasteiger partial charge in [0.15, 0.2) is 23.1 Å². The fourth-order valence-electron chi connectivity index (χ4n) is 4.38. The van der Waals surface area contributed by atoms with E-state index in [2.05, 4.69) is 5.32 Å². The van der Waals surface area contributed by atoms with Crippen molar-refractivity contribution >= 4 is 27.9 Å². The highest BCUT2D eigenvalue weighted by Crippen LogP contribution is 2.32. The minimum atomic E-state index is -3.89. The molecule has 2 heterocycles. The number of hydrogen-bond acceptors (Lipinski definition) is 7. The Kier molecular flexibility index (Phi) is 7.30. The molecule has 0 bridgehead atoms. The summed E-state index contributed by atoms with van der Waals surface area (Å²) in [5.74, 6) is -3.01. The van der Waals surface area contributed by atoms with Gasteiger partial charge in [-0.3, -0.25) is 14.5 Å². The van der Waals surface area contributed by atoms with Crippen molar-refractivity contribution in [3.63, 3.8) is 0 Å². The topological polar surface area (TPSA) is 126 Å². The number of sulfonamides is 1. The van der Waals surface area contributed by atoms with Gasteiger partial charge in [-0.15, -0.1) is 0 Å². The van der Waals surface area contributed by atoms with Crippen LogP contribution in [0.3, 0.4) is 0 Å². The van der Waals surface area contributed by atoms with E-state index in [0.717, 1.165) is 12.1 Å². The predicted molar refractivity (Wildman–Crippen MR) is 129 cm³/mol. The first kappa shape index (κ1) is 27.3. The highest BCUT2D eigenvalue weighted by atomic mass is 32.2. The molecule has 14 heteroatoms. The first-order valence-electron chi connectivity index (χ1n) is 11.5. The lowest BCUT2D eigenvalue weighted by atomic mass is 9.92. The second kappa shape index (κ2) is 10.2. The molecule has 0 unspecified atom stereocenters. The Morgan fingerprint density at radius 1 is 0.974 bits per heavy atom. The normalized spacial score (nSPS) is 20.4. The molecule has 2 aliphatic rings. The van der Waals surface area contributed by atoms with Crippen LogP contribution in [-0.2, 0) is 25.2 Å². The lowest BCUT2D eigenvalue weighted by Gasteiger charge is -2.34. The molecule has 0 radical (unpaired) electrons. The number of carbonyl (C=O) groups is 3. The van der Waals surface area contributed by atoms with Gasteiger partial charge in [-0.1, -0.05) is 6.07 Å². The Morgan fingerprint density at radius 3 is 2.24 bits per heavy atom. The number of imide groups is 1. The van der Waals surface area contributed by atoms with Crippen molar-refractivity contribution in [1.82, 2.24) is 19.4 Å². The Morgan fingerprint density at radius 2 is 1.63 bits per heavy atom. The summed E-state index contributed by atoms with van der Waals surface area (Å²) in [4.78, 5) is 40.6. The average molecular weight is 553 g/mol. The summed E-state index contributed by atoms with van der Waals surface area (Å²) in [5, 5.41) is 2.43. The number of amides is 4. The number of nitrogens with zero attached hydrogens (tertiary/aromatic N) is 3. The zero-order valence-corrected chi connectivity index (χ0v) is 21.7. The highest BCUT2D eigenvalue weighted by Gasteiger charge is 2.50. The number of urea groups is 1. The molecule has 2 saturated heterocycles. The molecule has 38 heavy (non-hydrogen) atoms. The minimum absolute atomic E-state index is 0.00483. The number of nitrogens with one attached hydrogen (secondary N) is 1. The summed E-state index contributed by atoms with van der Waals surface area (Å²) in [6.45, 7) is 0.809. The van der Waals surface area contributed by atoms with Gasteiger partial charge in [0, 0.05) is 32.2 Å². The number of ether oxygens (including phenoxy) is 2. The molecule has 2 aromatic rings. The molecule has 0 spiro atoms. The number of methoxy groups -OCH3 is 2. The summed E-state index contributed by atoms with van der Waals surface area (Å²) in [6.07, 6.45) is 0. The molecule has 2 aromatic carbocycles. The van der Waals surface area contributed by atoms with Gasteiger partial charge in [-0.25, -0.2) is 22.0 Å². The fraction of sp³-hybridized carbons (Fsp3) is 0.375. The standard InChI is InChI=1S/C24H26F2N4O7S/c1-24(15-4-6-17(25)18(26)12-15)22(32)30(23(33)27-24)14-21(31)28-8-10-29(11-9-28)38(34,35)16-5-7-19(36-2)20(13-16)37-3/h4-7,12-13H,8-11,14H2,1-3H3,(H,27,33)/t24-/m0/s1. The smallest absolute Gasteiger partial charge is 0.325 e. The first-order chi connectivity index (χ1) is 17.9. The number of piperazine rings is 1. The van der Waals surface area contributed by atoms with Gasteiger partial charge in [0.25, 0.3) is 5.91 Å². The molecule has 2 fully saturated rings. The van der Waals surface area contributed by atoms with Crippen LogP contribution >= 0.6 is 0 Å². The van der Waals surface area contributed by atoms with Crippen LogP contribution in [0.4, 0.5) is 13.6 Å². The molecule has 4 rings (SSSR count). The lowest BCUT2D eigenvalue weighted by molar-refractivity contribution is -0.139. The van der Waals surface area contributed by atoms with Crippen molar-refractivity contribution in [3.05, 3.63) is 53.6 Å². The molecule has 2 aliphatic heterocycles. The van der Waals surface area contributed by atoms with Crippen LogP contribution < -0.4 is 14.8 Å². The van der Waals surface area contributed by atoms with E-state index in [1.54, 1.807) is 0 Å². The van der Waals surface area contributed by atoms with E-state index >= 15 is 0 Å². The van der Waals surface area contributed by atoms with Crippen LogP contribution in [0.1, 0.15) is 12.5 Å². The molecule has 11 nitrogen and oxygen atoms in total. The number of rotatable bonds is 7. The second-order valence-corrected chi connectivity index (χ2v) is 10.8. The Labute approximate surface area is 217 Å². The maximum absolute atomic E-state index is 13.7. The van der Waals surface area contributed by atoms with E-state index in [1.807, 2.05) is 0 Å². The molecule has 204 valence electrons. The van der Waals surface area contributed by atoms with Gasteiger partial charge >= 0.3 is 6.03 Å². The number of halogens is 2. The van der Waals surface area contributed by atoms with E-state index in [1.165, 1.54) is 54.6 Å². The number of benzene rings is 2. The van der Waals surface area contributed by atoms with Crippen LogP contribution in [0.2, 0.25) is 0 Å². The number of hydrogen-bond donors (Lipinski definition) is 1. The molecular weight excluding hydrogens is 526 g/mol. The van der Waals surface area contributed by atoms with Crippen molar-refractivity contribution in [1.29, 1.82) is 0 Å². The summed E-state index contributed by atoms with van der Waals surface area (Å²) in [5.41, 5.74) is -1.66. The van der Waals surface area contributed by atoms with Crippen LogP contribution in [0.5, 0.6) is 11.5 Å². The van der Waals surface area contributed by atoms with E-state index < -0.39 is 51.6 Å². The largest absolute Gasteiger partial charge is 0.493 e. The number of carbonyl (C=O) groups excluding carboxylic acids is 3. The van der Waals surface area contributed by atoms with Crippen LogP contribution in [-0.4, -0.2) is 87.3 Å². The van der Waals surface area contributed by atoms with Gasteiger partial charge in [-0.2, -0.15) is 4.31 Å². The zero-order chi connectivity index (χ0) is 27.8. The van der Waals surface area contributed by atoms with Gasteiger partial charge < -0.3 is 19.7 Å². The van der Waals surface area contributed by atoms with Gasteiger partial charge in [0.05, 0.1) is 19.1 Å². The van der Waals surface area contributed by atoms with Crippen molar-refractivity contribution in [2.45, 2.75) is 17.4 Å². The van der Waals surface area contributed by atoms with Gasteiger partial charge in [0.2, 0.25) is 15.9 Å². The summed E-state index contributed by atoms with van der Waals surface area (Å²) in [6, 6.07) is 6.22. The Hall–Kier alpha value is -3.78. The van der Waals surface area contributed by atoms with Crippen molar-refractivity contribution in [2.75, 3.05) is 46.9 Å². The third-order valence-corrected chi connectivity index (χ3v) is 8.54. The Bertz CT molecular complexity index is 1400. The Balaban J connectivity index is 1.41. The highest BCUT2D eigenvalue weighted by molar-refractivity contribution is 7.89. The minimum Gasteiger partial charge on any atom is -0.493 e. The second-order valence-electron chi connectivity index (χ2n) is 8.88. The summed E-state index contributed by atoms with van der Waals surface area (Å²) >= 11 is 0.